The molecule has 1 aromatic rings. The van der Waals surface area contributed by atoms with E-state index in [1.165, 1.54) is 24.2 Å². The summed E-state index contributed by atoms with van der Waals surface area (Å²) < 4.78 is 4.91. The molecule has 0 atom stereocenters. The molecular weight excluding hydrogens is 248 g/mol. The topological polar surface area (TPSA) is 42.4 Å². The maximum atomic E-state index is 11.5. The second-order valence-corrected chi connectivity index (χ2v) is 4.87. The van der Waals surface area contributed by atoms with Crippen LogP contribution in [0.1, 0.15) is 29.4 Å². The molecule has 2 rings (SSSR count). The van der Waals surface area contributed by atoms with E-state index in [-0.39, 0.29) is 11.1 Å². The zero-order valence-electron chi connectivity index (χ0n) is 9.03. The second-order valence-electron chi connectivity index (χ2n) is 3.53. The number of carbonyl (C=O) groups is 1. The van der Waals surface area contributed by atoms with Crippen LogP contribution in [-0.2, 0) is 4.74 Å². The van der Waals surface area contributed by atoms with Gasteiger partial charge >= 0.3 is 5.97 Å². The standard InChI is InChI=1S/C10H13ClN2O2S/c1-2-15-9(14)7-8(11)12-10(16-7)13-5-3-4-6-13/h2-6H2,1H3. The number of ether oxygens (including phenoxy) is 1. The monoisotopic (exact) mass is 260 g/mol. The van der Waals surface area contributed by atoms with Gasteiger partial charge in [-0.2, -0.15) is 0 Å². The Labute approximate surface area is 103 Å². The summed E-state index contributed by atoms with van der Waals surface area (Å²) in [6.07, 6.45) is 2.35. The van der Waals surface area contributed by atoms with Gasteiger partial charge < -0.3 is 9.64 Å². The number of carbonyl (C=O) groups excluding carboxylic acids is 1. The van der Waals surface area contributed by atoms with Crippen LogP contribution in [0, 0.1) is 0 Å². The Morgan fingerprint density at radius 1 is 1.56 bits per heavy atom. The highest BCUT2D eigenvalue weighted by Gasteiger charge is 2.22. The van der Waals surface area contributed by atoms with Crippen LogP contribution in [-0.4, -0.2) is 30.6 Å². The van der Waals surface area contributed by atoms with Crippen LogP contribution in [0.2, 0.25) is 5.15 Å². The quantitative estimate of drug-likeness (QED) is 0.784. The summed E-state index contributed by atoms with van der Waals surface area (Å²) in [4.78, 5) is 18.3. The van der Waals surface area contributed by atoms with E-state index in [0.29, 0.717) is 11.5 Å². The van der Waals surface area contributed by atoms with Crippen molar-refractivity contribution in [3.63, 3.8) is 0 Å². The lowest BCUT2D eigenvalue weighted by Gasteiger charge is -2.11. The molecule has 2 heterocycles. The maximum Gasteiger partial charge on any atom is 0.351 e. The Balaban J connectivity index is 2.17. The first-order valence-electron chi connectivity index (χ1n) is 5.30. The number of nitrogens with zero attached hydrogens (tertiary/aromatic N) is 2. The van der Waals surface area contributed by atoms with Crippen molar-refractivity contribution in [1.29, 1.82) is 0 Å². The smallest absolute Gasteiger partial charge is 0.351 e. The van der Waals surface area contributed by atoms with Gasteiger partial charge in [-0.25, -0.2) is 9.78 Å². The zero-order valence-corrected chi connectivity index (χ0v) is 10.6. The molecule has 6 heteroatoms. The van der Waals surface area contributed by atoms with Gasteiger partial charge in [0.25, 0.3) is 0 Å². The summed E-state index contributed by atoms with van der Waals surface area (Å²) in [6, 6.07) is 0. The third-order valence-electron chi connectivity index (χ3n) is 2.41. The van der Waals surface area contributed by atoms with Crippen molar-refractivity contribution >= 4 is 34.0 Å². The van der Waals surface area contributed by atoms with Gasteiger partial charge in [-0.05, 0) is 19.8 Å². The third kappa shape index (κ3) is 2.30. The average Bonchev–Trinajstić information content (AvgIpc) is 2.86. The fraction of sp³-hybridized carbons (Fsp3) is 0.600. The van der Waals surface area contributed by atoms with E-state index in [9.17, 15) is 4.79 Å². The van der Waals surface area contributed by atoms with Crippen LogP contribution >= 0.6 is 22.9 Å². The van der Waals surface area contributed by atoms with Gasteiger partial charge in [-0.1, -0.05) is 22.9 Å². The molecule has 0 spiro atoms. The predicted molar refractivity (Wildman–Crippen MR) is 64.5 cm³/mol. The molecule has 0 amide bonds. The Kier molecular flexibility index (Phi) is 3.66. The molecule has 16 heavy (non-hydrogen) atoms. The lowest BCUT2D eigenvalue weighted by molar-refractivity contribution is 0.0532. The van der Waals surface area contributed by atoms with Crippen LogP contribution < -0.4 is 4.90 Å². The summed E-state index contributed by atoms with van der Waals surface area (Å²) in [7, 11) is 0. The fourth-order valence-electron chi connectivity index (χ4n) is 1.66. The van der Waals surface area contributed by atoms with E-state index >= 15 is 0 Å². The van der Waals surface area contributed by atoms with Crippen LogP contribution in [0.5, 0.6) is 0 Å². The molecule has 0 aromatic carbocycles. The highest BCUT2D eigenvalue weighted by atomic mass is 35.5. The van der Waals surface area contributed by atoms with E-state index in [1.54, 1.807) is 6.92 Å². The molecule has 0 saturated carbocycles. The van der Waals surface area contributed by atoms with Crippen LogP contribution in [0.25, 0.3) is 0 Å². The first-order valence-corrected chi connectivity index (χ1v) is 6.50. The molecule has 0 unspecified atom stereocenters. The van der Waals surface area contributed by atoms with Crippen molar-refractivity contribution in [2.45, 2.75) is 19.8 Å². The van der Waals surface area contributed by atoms with Crippen molar-refractivity contribution in [2.24, 2.45) is 0 Å². The first kappa shape index (κ1) is 11.7. The molecule has 0 N–H and O–H groups in total. The minimum absolute atomic E-state index is 0.255. The molecule has 0 aliphatic carbocycles. The predicted octanol–water partition coefficient (Wildman–Crippen LogP) is 2.57. The van der Waals surface area contributed by atoms with Crippen molar-refractivity contribution < 1.29 is 9.53 Å². The van der Waals surface area contributed by atoms with Crippen molar-refractivity contribution in [2.75, 3.05) is 24.6 Å². The number of hydrogen-bond donors (Lipinski definition) is 0. The molecule has 0 bridgehead atoms. The molecule has 1 saturated heterocycles. The lowest BCUT2D eigenvalue weighted by atomic mass is 10.4. The van der Waals surface area contributed by atoms with Crippen molar-refractivity contribution in [3.05, 3.63) is 10.0 Å². The van der Waals surface area contributed by atoms with Crippen molar-refractivity contribution in [1.82, 2.24) is 4.98 Å². The Morgan fingerprint density at radius 2 is 2.25 bits per heavy atom. The number of thiazole rings is 1. The van der Waals surface area contributed by atoms with Crippen LogP contribution in [0.4, 0.5) is 5.13 Å². The lowest BCUT2D eigenvalue weighted by Crippen LogP contribution is -2.16. The number of rotatable bonds is 3. The van der Waals surface area contributed by atoms with E-state index in [1.807, 2.05) is 0 Å². The average molecular weight is 261 g/mol. The van der Waals surface area contributed by atoms with Crippen LogP contribution in [0.3, 0.4) is 0 Å². The normalized spacial score (nSPS) is 15.5. The summed E-state index contributed by atoms with van der Waals surface area (Å²) in [5, 5.41) is 1.08. The Bertz CT molecular complexity index is 388. The molecule has 1 aromatic heterocycles. The minimum Gasteiger partial charge on any atom is -0.462 e. The maximum absolute atomic E-state index is 11.5. The number of anilines is 1. The van der Waals surface area contributed by atoms with Crippen molar-refractivity contribution in [3.8, 4) is 0 Å². The molecule has 1 aliphatic rings. The number of esters is 1. The van der Waals surface area contributed by atoms with E-state index in [0.717, 1.165) is 18.2 Å². The largest absolute Gasteiger partial charge is 0.462 e. The first-order chi connectivity index (χ1) is 7.72. The van der Waals surface area contributed by atoms with E-state index < -0.39 is 0 Å². The molecule has 1 fully saturated rings. The van der Waals surface area contributed by atoms with E-state index in [4.69, 9.17) is 16.3 Å². The number of hydrogen-bond acceptors (Lipinski definition) is 5. The van der Waals surface area contributed by atoms with Gasteiger partial charge in [0, 0.05) is 13.1 Å². The molecule has 88 valence electrons. The summed E-state index contributed by atoms with van der Waals surface area (Å²) in [6.45, 7) is 4.11. The van der Waals surface area contributed by atoms with Gasteiger partial charge in [-0.15, -0.1) is 0 Å². The molecule has 0 radical (unpaired) electrons. The highest BCUT2D eigenvalue weighted by Crippen LogP contribution is 2.31. The highest BCUT2D eigenvalue weighted by molar-refractivity contribution is 7.18. The molecule has 1 aliphatic heterocycles. The molecular formula is C10H13ClN2O2S. The second kappa shape index (κ2) is 5.01. The Morgan fingerprint density at radius 3 is 2.88 bits per heavy atom. The summed E-state index contributed by atoms with van der Waals surface area (Å²) in [5.41, 5.74) is 0. The third-order valence-corrected chi connectivity index (χ3v) is 3.89. The van der Waals surface area contributed by atoms with Gasteiger partial charge in [0.1, 0.15) is 0 Å². The van der Waals surface area contributed by atoms with Crippen LogP contribution in [0.15, 0.2) is 0 Å². The van der Waals surface area contributed by atoms with E-state index in [2.05, 4.69) is 9.88 Å². The van der Waals surface area contributed by atoms with Gasteiger partial charge in [-0.3, -0.25) is 0 Å². The Hall–Kier alpha value is -0.810. The summed E-state index contributed by atoms with van der Waals surface area (Å²) >= 11 is 7.24. The molecule has 4 nitrogen and oxygen atoms in total. The van der Waals surface area contributed by atoms with Gasteiger partial charge in [0.05, 0.1) is 6.61 Å². The van der Waals surface area contributed by atoms with Gasteiger partial charge in [0.15, 0.2) is 15.2 Å². The fourth-order valence-corrected chi connectivity index (χ4v) is 2.88. The van der Waals surface area contributed by atoms with Gasteiger partial charge in [0.2, 0.25) is 0 Å². The number of aromatic nitrogens is 1. The number of halogens is 1. The minimum atomic E-state index is -0.379. The zero-order chi connectivity index (χ0) is 11.5. The summed E-state index contributed by atoms with van der Waals surface area (Å²) in [5.74, 6) is -0.379. The SMILES string of the molecule is CCOC(=O)c1sc(N2CCCC2)nc1Cl.